The predicted molar refractivity (Wildman–Crippen MR) is 52.4 cm³/mol. The molecule has 0 amide bonds. The molecule has 3 nitrogen and oxygen atoms in total. The van der Waals surface area contributed by atoms with Gasteiger partial charge in [0.05, 0.1) is 6.07 Å². The molecule has 0 aromatic carbocycles. The van der Waals surface area contributed by atoms with Gasteiger partial charge >= 0.3 is 0 Å². The third-order valence-corrected chi connectivity index (χ3v) is 2.00. The van der Waals surface area contributed by atoms with Crippen LogP contribution >= 0.6 is 0 Å². The van der Waals surface area contributed by atoms with Crippen LogP contribution in [0, 0.1) is 17.2 Å². The fourth-order valence-corrected chi connectivity index (χ4v) is 1.18. The number of nitriles is 1. The van der Waals surface area contributed by atoms with Gasteiger partial charge in [-0.15, -0.1) is 0 Å². The number of hydrogen-bond acceptors (Lipinski definition) is 3. The number of rotatable bonds is 3. The van der Waals surface area contributed by atoms with Crippen LogP contribution in [0.25, 0.3) is 0 Å². The molecule has 0 radical (unpaired) electrons. The van der Waals surface area contributed by atoms with Crippen molar-refractivity contribution in [1.82, 2.24) is 4.98 Å². The number of pyridine rings is 1. The van der Waals surface area contributed by atoms with E-state index in [-0.39, 0.29) is 11.7 Å². The van der Waals surface area contributed by atoms with Gasteiger partial charge in [0.2, 0.25) is 0 Å². The lowest BCUT2D eigenvalue weighted by molar-refractivity contribution is -0.122. The normalized spacial score (nSPS) is 12.1. The Labute approximate surface area is 83.4 Å². The largest absolute Gasteiger partial charge is 0.298 e. The van der Waals surface area contributed by atoms with Gasteiger partial charge in [0.25, 0.3) is 0 Å². The molecule has 0 fully saturated rings. The summed E-state index contributed by atoms with van der Waals surface area (Å²) in [5.41, 5.74) is 0.675. The summed E-state index contributed by atoms with van der Waals surface area (Å²) < 4.78 is 0. The van der Waals surface area contributed by atoms with Crippen LogP contribution in [0.1, 0.15) is 25.3 Å². The van der Waals surface area contributed by atoms with Gasteiger partial charge in [-0.25, -0.2) is 0 Å². The molecule has 0 aliphatic carbocycles. The van der Waals surface area contributed by atoms with E-state index in [0.717, 1.165) is 0 Å². The third kappa shape index (κ3) is 2.17. The summed E-state index contributed by atoms with van der Waals surface area (Å²) in [5.74, 6) is -0.857. The summed E-state index contributed by atoms with van der Waals surface area (Å²) in [4.78, 5) is 15.5. The first-order valence-corrected chi connectivity index (χ1v) is 4.50. The van der Waals surface area contributed by atoms with Crippen LogP contribution in [-0.4, -0.2) is 10.8 Å². The lowest BCUT2D eigenvalue weighted by Crippen LogP contribution is -2.16. The number of aromatic nitrogens is 1. The maximum Gasteiger partial charge on any atom is 0.157 e. The van der Waals surface area contributed by atoms with Gasteiger partial charge in [-0.05, 0) is 11.6 Å². The minimum absolute atomic E-state index is 0.0551. The zero-order valence-electron chi connectivity index (χ0n) is 8.27. The van der Waals surface area contributed by atoms with Crippen LogP contribution < -0.4 is 0 Å². The van der Waals surface area contributed by atoms with Crippen LogP contribution in [-0.2, 0) is 4.79 Å². The highest BCUT2D eigenvalue weighted by molar-refractivity contribution is 5.89. The summed E-state index contributed by atoms with van der Waals surface area (Å²) in [6, 6.07) is 5.49. The molecule has 1 aromatic heterocycles. The average Bonchev–Trinajstić information content (AvgIpc) is 2.20. The molecule has 0 saturated carbocycles. The third-order valence-electron chi connectivity index (χ3n) is 2.00. The molecule has 0 spiro atoms. The van der Waals surface area contributed by atoms with Crippen molar-refractivity contribution in [2.24, 2.45) is 5.92 Å². The Hall–Kier alpha value is -1.69. The first-order valence-electron chi connectivity index (χ1n) is 4.50. The van der Waals surface area contributed by atoms with Gasteiger partial charge in [-0.2, -0.15) is 5.26 Å². The van der Waals surface area contributed by atoms with E-state index in [1.54, 1.807) is 38.4 Å². The van der Waals surface area contributed by atoms with Crippen LogP contribution in [0.15, 0.2) is 24.5 Å². The van der Waals surface area contributed by atoms with Crippen molar-refractivity contribution in [2.45, 2.75) is 19.8 Å². The second-order valence-electron chi connectivity index (χ2n) is 3.41. The maximum absolute atomic E-state index is 11.6. The van der Waals surface area contributed by atoms with E-state index in [4.69, 9.17) is 5.26 Å². The molecule has 1 atom stereocenters. The molecular formula is C11H12N2O. The van der Waals surface area contributed by atoms with Gasteiger partial charge in [0.15, 0.2) is 5.78 Å². The number of nitrogens with zero attached hydrogens (tertiary/aromatic N) is 2. The number of carbonyl (C=O) groups excluding carboxylic acids is 1. The van der Waals surface area contributed by atoms with Crippen LogP contribution in [0.3, 0.4) is 0 Å². The zero-order chi connectivity index (χ0) is 10.6. The van der Waals surface area contributed by atoms with E-state index >= 15 is 0 Å². The van der Waals surface area contributed by atoms with E-state index in [0.29, 0.717) is 5.56 Å². The molecule has 0 aliphatic rings. The van der Waals surface area contributed by atoms with Crippen molar-refractivity contribution in [3.63, 3.8) is 0 Å². The zero-order valence-corrected chi connectivity index (χ0v) is 8.27. The van der Waals surface area contributed by atoms with Gasteiger partial charge < -0.3 is 0 Å². The highest BCUT2D eigenvalue weighted by Gasteiger charge is 2.22. The molecule has 1 heterocycles. The van der Waals surface area contributed by atoms with E-state index in [9.17, 15) is 4.79 Å². The minimum atomic E-state index is -0.677. The van der Waals surface area contributed by atoms with Gasteiger partial charge in [-0.1, -0.05) is 19.9 Å². The molecule has 0 N–H and O–H groups in total. The molecule has 0 saturated heterocycles. The molecule has 1 aromatic rings. The van der Waals surface area contributed by atoms with E-state index in [1.165, 1.54) is 0 Å². The lowest BCUT2D eigenvalue weighted by atomic mass is 9.91. The predicted octanol–water partition coefficient (Wildman–Crippen LogP) is 1.91. The lowest BCUT2D eigenvalue weighted by Gasteiger charge is -2.09. The quantitative estimate of drug-likeness (QED) is 0.728. The van der Waals surface area contributed by atoms with Gasteiger partial charge in [0.1, 0.15) is 5.92 Å². The molecule has 1 unspecified atom stereocenters. The van der Waals surface area contributed by atoms with Crippen molar-refractivity contribution in [3.8, 4) is 6.07 Å². The first kappa shape index (κ1) is 10.4. The molecule has 72 valence electrons. The summed E-state index contributed by atoms with van der Waals surface area (Å²) in [5, 5.41) is 8.90. The van der Waals surface area contributed by atoms with Crippen molar-refractivity contribution in [2.75, 3.05) is 0 Å². The van der Waals surface area contributed by atoms with Gasteiger partial charge in [0, 0.05) is 18.3 Å². The Bertz CT molecular complexity index is 351. The topological polar surface area (TPSA) is 53.8 Å². The smallest absolute Gasteiger partial charge is 0.157 e. The maximum atomic E-state index is 11.6. The standard InChI is InChI=1S/C11H12N2O/c1-8(2)11(14)10(6-12)9-4-3-5-13-7-9/h3-5,7-8,10H,1-2H3. The molecule has 0 bridgehead atoms. The van der Waals surface area contributed by atoms with Crippen molar-refractivity contribution >= 4 is 5.78 Å². The Kier molecular flexibility index (Phi) is 3.35. The highest BCUT2D eigenvalue weighted by Crippen LogP contribution is 2.18. The highest BCUT2D eigenvalue weighted by atomic mass is 16.1. The van der Waals surface area contributed by atoms with Crippen molar-refractivity contribution in [1.29, 1.82) is 5.26 Å². The molecular weight excluding hydrogens is 176 g/mol. The SMILES string of the molecule is CC(C)C(=O)C(C#N)c1cccnc1. The van der Waals surface area contributed by atoms with Crippen LogP contribution in [0.4, 0.5) is 0 Å². The Balaban J connectivity index is 2.96. The number of hydrogen-bond donors (Lipinski definition) is 0. The summed E-state index contributed by atoms with van der Waals surface area (Å²) in [7, 11) is 0. The monoisotopic (exact) mass is 188 g/mol. The second kappa shape index (κ2) is 4.52. The molecule has 0 aliphatic heterocycles. The van der Waals surface area contributed by atoms with Crippen molar-refractivity contribution in [3.05, 3.63) is 30.1 Å². The number of ketones is 1. The molecule has 14 heavy (non-hydrogen) atoms. The number of Topliss-reactive ketones (excluding diaryl/α,β-unsaturated/α-hetero) is 1. The fraction of sp³-hybridized carbons (Fsp3) is 0.364. The Morgan fingerprint density at radius 1 is 1.57 bits per heavy atom. The van der Waals surface area contributed by atoms with Crippen molar-refractivity contribution < 1.29 is 4.79 Å². The average molecular weight is 188 g/mol. The summed E-state index contributed by atoms with van der Waals surface area (Å²) in [6.45, 7) is 3.59. The van der Waals surface area contributed by atoms with E-state index < -0.39 is 5.92 Å². The summed E-state index contributed by atoms with van der Waals surface area (Å²) >= 11 is 0. The molecule has 3 heteroatoms. The first-order chi connectivity index (χ1) is 6.66. The minimum Gasteiger partial charge on any atom is -0.298 e. The summed E-state index contributed by atoms with van der Waals surface area (Å²) in [6.07, 6.45) is 3.19. The molecule has 1 rings (SSSR count). The fourth-order valence-electron chi connectivity index (χ4n) is 1.18. The Morgan fingerprint density at radius 2 is 2.29 bits per heavy atom. The van der Waals surface area contributed by atoms with E-state index in [1.807, 2.05) is 6.07 Å². The van der Waals surface area contributed by atoms with E-state index in [2.05, 4.69) is 4.98 Å². The van der Waals surface area contributed by atoms with Crippen LogP contribution in [0.5, 0.6) is 0 Å². The second-order valence-corrected chi connectivity index (χ2v) is 3.41. The Morgan fingerprint density at radius 3 is 2.71 bits per heavy atom. The number of carbonyl (C=O) groups is 1. The van der Waals surface area contributed by atoms with Crippen LogP contribution in [0.2, 0.25) is 0 Å². The van der Waals surface area contributed by atoms with Gasteiger partial charge in [-0.3, -0.25) is 9.78 Å².